The zero-order valence-corrected chi connectivity index (χ0v) is 16.3. The molecule has 0 radical (unpaired) electrons. The van der Waals surface area contributed by atoms with Crippen LogP contribution in [0, 0.1) is 11.6 Å². The summed E-state index contributed by atoms with van der Waals surface area (Å²) in [6, 6.07) is 24.7. The lowest BCUT2D eigenvalue weighted by Crippen LogP contribution is -2.22. The average molecular weight is 410 g/mol. The molecule has 0 atom stereocenters. The van der Waals surface area contributed by atoms with Gasteiger partial charge in [0.2, 0.25) is 0 Å². The lowest BCUT2D eigenvalue weighted by molar-refractivity contribution is 0.627. The van der Waals surface area contributed by atoms with Crippen molar-refractivity contribution < 1.29 is 8.78 Å². The summed E-state index contributed by atoms with van der Waals surface area (Å²) in [7, 11) is 0. The Balaban J connectivity index is 1.97. The zero-order chi connectivity index (χ0) is 21.4. The maximum atomic E-state index is 13.9. The highest BCUT2D eigenvalue weighted by Crippen LogP contribution is 2.36. The van der Waals surface area contributed by atoms with Gasteiger partial charge >= 0.3 is 0 Å². The Morgan fingerprint density at radius 1 is 0.645 bits per heavy atom. The van der Waals surface area contributed by atoms with Crippen LogP contribution in [0.15, 0.2) is 102 Å². The smallest absolute Gasteiger partial charge is 0.265 e. The van der Waals surface area contributed by atoms with Crippen LogP contribution in [0.1, 0.15) is 0 Å². The van der Waals surface area contributed by atoms with E-state index in [0.29, 0.717) is 33.6 Å². The number of rotatable bonds is 3. The second-order valence-corrected chi connectivity index (χ2v) is 7.11. The summed E-state index contributed by atoms with van der Waals surface area (Å²) in [6.45, 7) is 0. The highest BCUT2D eigenvalue weighted by atomic mass is 19.1. The lowest BCUT2D eigenvalue weighted by atomic mass is 9.92. The van der Waals surface area contributed by atoms with Crippen molar-refractivity contribution in [2.45, 2.75) is 0 Å². The highest BCUT2D eigenvalue weighted by Gasteiger charge is 2.20. The van der Waals surface area contributed by atoms with Gasteiger partial charge in [-0.3, -0.25) is 9.36 Å². The van der Waals surface area contributed by atoms with Crippen LogP contribution < -0.4 is 5.56 Å². The minimum absolute atomic E-state index is 0.289. The summed E-state index contributed by atoms with van der Waals surface area (Å²) in [5.74, 6) is -0.270. The topological polar surface area (TPSA) is 34.9 Å². The molecular formula is C26H16F2N2O. The minimum Gasteiger partial charge on any atom is -0.268 e. The largest absolute Gasteiger partial charge is 0.268 e. The van der Waals surface area contributed by atoms with E-state index in [-0.39, 0.29) is 11.4 Å². The number of benzene rings is 3. The van der Waals surface area contributed by atoms with Crippen LogP contribution in [0.4, 0.5) is 8.78 Å². The molecule has 0 saturated carbocycles. The van der Waals surface area contributed by atoms with Gasteiger partial charge < -0.3 is 0 Å². The normalized spacial score (nSPS) is 11.0. The zero-order valence-electron chi connectivity index (χ0n) is 16.3. The van der Waals surface area contributed by atoms with Crippen molar-refractivity contribution in [3.8, 4) is 28.1 Å². The summed E-state index contributed by atoms with van der Waals surface area (Å²) >= 11 is 0. The summed E-state index contributed by atoms with van der Waals surface area (Å²) < 4.78 is 28.8. The fourth-order valence-corrected chi connectivity index (χ4v) is 3.86. The van der Waals surface area contributed by atoms with E-state index in [0.717, 1.165) is 5.39 Å². The molecule has 2 aromatic heterocycles. The van der Waals surface area contributed by atoms with Crippen LogP contribution in [0.5, 0.6) is 0 Å². The molecule has 5 rings (SSSR count). The van der Waals surface area contributed by atoms with Gasteiger partial charge in [-0.1, -0.05) is 48.5 Å². The molecular weight excluding hydrogens is 394 g/mol. The molecule has 0 amide bonds. The monoisotopic (exact) mass is 410 g/mol. The Bertz CT molecular complexity index is 1440. The van der Waals surface area contributed by atoms with Crippen LogP contribution in [-0.2, 0) is 0 Å². The Hall–Kier alpha value is -4.12. The molecule has 0 saturated heterocycles. The SMILES string of the molecule is O=c1c(-c2ccc(F)cc2)c(-c2ccc(F)cc2)c2ccccc2n1-c1ccccn1. The quantitative estimate of drug-likeness (QED) is 0.366. The van der Waals surface area contributed by atoms with Crippen molar-refractivity contribution >= 4 is 10.9 Å². The molecule has 0 N–H and O–H groups in total. The summed E-state index contributed by atoms with van der Waals surface area (Å²) in [5, 5.41) is 0.804. The van der Waals surface area contributed by atoms with Crippen LogP contribution in [0.3, 0.4) is 0 Å². The molecule has 5 heteroatoms. The molecule has 0 fully saturated rings. The number of fused-ring (bicyclic) bond motifs is 1. The van der Waals surface area contributed by atoms with E-state index in [2.05, 4.69) is 4.98 Å². The highest BCUT2D eigenvalue weighted by molar-refractivity contribution is 6.02. The summed E-state index contributed by atoms with van der Waals surface area (Å²) in [5.41, 5.74) is 2.72. The number of pyridine rings is 2. The first-order valence-corrected chi connectivity index (χ1v) is 9.74. The van der Waals surface area contributed by atoms with Crippen LogP contribution in [0.25, 0.3) is 39.0 Å². The molecule has 5 aromatic rings. The lowest BCUT2D eigenvalue weighted by Gasteiger charge is -2.18. The first-order chi connectivity index (χ1) is 15.1. The molecule has 0 spiro atoms. The van der Waals surface area contributed by atoms with Crippen molar-refractivity contribution in [2.75, 3.05) is 0 Å². The van der Waals surface area contributed by atoms with Gasteiger partial charge in [-0.05, 0) is 53.6 Å². The summed E-state index contributed by atoms with van der Waals surface area (Å²) in [4.78, 5) is 18.3. The summed E-state index contributed by atoms with van der Waals surface area (Å²) in [6.07, 6.45) is 1.63. The first kappa shape index (κ1) is 18.9. The van der Waals surface area contributed by atoms with E-state index in [1.54, 1.807) is 47.2 Å². The van der Waals surface area contributed by atoms with Gasteiger partial charge in [0.15, 0.2) is 0 Å². The number of hydrogen-bond donors (Lipinski definition) is 0. The van der Waals surface area contributed by atoms with Crippen LogP contribution in [0.2, 0.25) is 0 Å². The fourth-order valence-electron chi connectivity index (χ4n) is 3.86. The molecule has 3 aromatic carbocycles. The van der Waals surface area contributed by atoms with E-state index in [4.69, 9.17) is 0 Å². The second-order valence-electron chi connectivity index (χ2n) is 7.11. The predicted octanol–water partition coefficient (Wildman–Crippen LogP) is 6.00. The van der Waals surface area contributed by atoms with E-state index in [1.165, 1.54) is 24.3 Å². The van der Waals surface area contributed by atoms with Gasteiger partial charge in [-0.2, -0.15) is 0 Å². The average Bonchev–Trinajstić information content (AvgIpc) is 2.80. The van der Waals surface area contributed by atoms with Crippen LogP contribution in [-0.4, -0.2) is 9.55 Å². The van der Waals surface area contributed by atoms with Crippen molar-refractivity contribution in [2.24, 2.45) is 0 Å². The Morgan fingerprint density at radius 2 is 1.23 bits per heavy atom. The van der Waals surface area contributed by atoms with Crippen molar-refractivity contribution in [3.63, 3.8) is 0 Å². The van der Waals surface area contributed by atoms with E-state index >= 15 is 0 Å². The number of hydrogen-bond acceptors (Lipinski definition) is 2. The molecule has 150 valence electrons. The van der Waals surface area contributed by atoms with Gasteiger partial charge in [0.05, 0.1) is 11.1 Å². The third-order valence-corrected chi connectivity index (χ3v) is 5.23. The van der Waals surface area contributed by atoms with E-state index in [9.17, 15) is 13.6 Å². The first-order valence-electron chi connectivity index (χ1n) is 9.74. The third kappa shape index (κ3) is 3.30. The van der Waals surface area contributed by atoms with Gasteiger partial charge in [0.1, 0.15) is 17.5 Å². The standard InChI is InChI=1S/C26H16F2N2O/c27-19-12-8-17(9-13-19)24-21-5-1-2-6-22(21)30(23-7-3-4-16-29-23)26(31)25(24)18-10-14-20(28)15-11-18/h1-16H. The second kappa shape index (κ2) is 7.61. The third-order valence-electron chi connectivity index (χ3n) is 5.23. The number of nitrogens with zero attached hydrogens (tertiary/aromatic N) is 2. The number of halogens is 2. The van der Waals surface area contributed by atoms with E-state index in [1.807, 2.05) is 30.3 Å². The molecule has 31 heavy (non-hydrogen) atoms. The molecule has 2 heterocycles. The van der Waals surface area contributed by atoms with Gasteiger partial charge in [0, 0.05) is 17.1 Å². The molecule has 0 aliphatic rings. The van der Waals surface area contributed by atoms with Gasteiger partial charge in [-0.15, -0.1) is 0 Å². The van der Waals surface area contributed by atoms with Crippen molar-refractivity contribution in [1.82, 2.24) is 9.55 Å². The van der Waals surface area contributed by atoms with Gasteiger partial charge in [-0.25, -0.2) is 13.8 Å². The Kier molecular flexibility index (Phi) is 4.64. The molecule has 0 aliphatic carbocycles. The Morgan fingerprint density at radius 3 is 1.84 bits per heavy atom. The minimum atomic E-state index is -0.391. The molecule has 0 bridgehead atoms. The molecule has 0 unspecified atom stereocenters. The predicted molar refractivity (Wildman–Crippen MR) is 118 cm³/mol. The maximum absolute atomic E-state index is 13.9. The Labute approximate surface area is 176 Å². The van der Waals surface area contributed by atoms with Crippen molar-refractivity contribution in [3.05, 3.63) is 119 Å². The molecule has 3 nitrogen and oxygen atoms in total. The number of para-hydroxylation sites is 1. The maximum Gasteiger partial charge on any atom is 0.265 e. The van der Waals surface area contributed by atoms with E-state index < -0.39 is 5.82 Å². The van der Waals surface area contributed by atoms with Gasteiger partial charge in [0.25, 0.3) is 5.56 Å². The van der Waals surface area contributed by atoms with Crippen molar-refractivity contribution in [1.29, 1.82) is 0 Å². The molecule has 0 aliphatic heterocycles. The fraction of sp³-hybridized carbons (Fsp3) is 0. The van der Waals surface area contributed by atoms with Crippen LogP contribution >= 0.6 is 0 Å². The number of aromatic nitrogens is 2.